The molecule has 0 N–H and O–H groups in total. The van der Waals surface area contributed by atoms with Crippen molar-refractivity contribution in [2.75, 3.05) is 13.2 Å². The molecule has 4 heteroatoms. The molecule has 0 saturated carbocycles. The molecule has 0 heterocycles. The zero-order valence-corrected chi connectivity index (χ0v) is 8.93. The first kappa shape index (κ1) is 12.4. The molecule has 86 valence electrons. The van der Waals surface area contributed by atoms with Gasteiger partial charge in [0.1, 0.15) is 19.3 Å². The predicted molar refractivity (Wildman–Crippen MR) is 57.7 cm³/mol. The van der Waals surface area contributed by atoms with Gasteiger partial charge in [-0.2, -0.15) is 0 Å². The molecule has 1 aromatic carbocycles. The second kappa shape index (κ2) is 7.59. The highest BCUT2D eigenvalue weighted by molar-refractivity contribution is 5.83. The molecule has 0 unspecified atom stereocenters. The van der Waals surface area contributed by atoms with Gasteiger partial charge in [0, 0.05) is 0 Å². The Kier molecular flexibility index (Phi) is 5.88. The van der Waals surface area contributed by atoms with Gasteiger partial charge in [0.2, 0.25) is 0 Å². The summed E-state index contributed by atoms with van der Waals surface area (Å²) in [6.07, 6.45) is 0.325. The summed E-state index contributed by atoms with van der Waals surface area (Å²) in [5.41, 5.74) is 1.07. The largest absolute Gasteiger partial charge is 0.463 e. The van der Waals surface area contributed by atoms with E-state index < -0.39 is 5.97 Å². The van der Waals surface area contributed by atoms with Gasteiger partial charge in [0.15, 0.2) is 0 Å². The molecule has 1 rings (SSSR count). The number of esters is 1. The highest BCUT2D eigenvalue weighted by Gasteiger charge is 2.00. The van der Waals surface area contributed by atoms with E-state index >= 15 is 0 Å². The van der Waals surface area contributed by atoms with Crippen LogP contribution in [0.2, 0.25) is 0 Å². The van der Waals surface area contributed by atoms with Gasteiger partial charge in [-0.05, 0) is 5.56 Å². The van der Waals surface area contributed by atoms with Crippen LogP contribution in [0.25, 0.3) is 0 Å². The molecule has 0 aliphatic carbocycles. The zero-order chi connectivity index (χ0) is 11.6. The normalized spacial score (nSPS) is 9.75. The zero-order valence-electron chi connectivity index (χ0n) is 8.93. The lowest BCUT2D eigenvalue weighted by Crippen LogP contribution is -2.10. The van der Waals surface area contributed by atoms with Gasteiger partial charge in [-0.3, -0.25) is 4.79 Å². The van der Waals surface area contributed by atoms with Crippen LogP contribution in [-0.2, 0) is 25.7 Å². The van der Waals surface area contributed by atoms with Crippen molar-refractivity contribution in [2.45, 2.75) is 13.0 Å². The first-order chi connectivity index (χ1) is 7.83. The monoisotopic (exact) mass is 222 g/mol. The predicted octanol–water partition coefficient (Wildman–Crippen LogP) is 1.34. The molecular weight excluding hydrogens is 208 g/mol. The Hall–Kier alpha value is -1.68. The van der Waals surface area contributed by atoms with Crippen molar-refractivity contribution in [3.05, 3.63) is 35.9 Å². The Labute approximate surface area is 94.2 Å². The smallest absolute Gasteiger partial charge is 0.313 e. The number of carbonyl (C=O) groups excluding carboxylic acids is 2. The minimum Gasteiger partial charge on any atom is -0.463 e. The molecule has 0 amide bonds. The van der Waals surface area contributed by atoms with Crippen molar-refractivity contribution in [2.24, 2.45) is 0 Å². The van der Waals surface area contributed by atoms with Gasteiger partial charge in [0.25, 0.3) is 0 Å². The van der Waals surface area contributed by atoms with E-state index in [4.69, 9.17) is 9.47 Å². The lowest BCUT2D eigenvalue weighted by atomic mass is 10.2. The van der Waals surface area contributed by atoms with E-state index in [0.29, 0.717) is 19.5 Å². The summed E-state index contributed by atoms with van der Waals surface area (Å²) in [6, 6.07) is 9.72. The molecule has 1 aromatic rings. The molecule has 0 aliphatic rings. The van der Waals surface area contributed by atoms with Gasteiger partial charge in [0.05, 0.1) is 13.2 Å². The number of ether oxygens (including phenoxy) is 2. The third kappa shape index (κ3) is 5.26. The summed E-state index contributed by atoms with van der Waals surface area (Å²) < 4.78 is 10.0. The van der Waals surface area contributed by atoms with Gasteiger partial charge in [-0.15, -0.1) is 0 Å². The molecule has 16 heavy (non-hydrogen) atoms. The van der Waals surface area contributed by atoms with Crippen LogP contribution >= 0.6 is 0 Å². The minimum absolute atomic E-state index is 0.180. The first-order valence-corrected chi connectivity index (χ1v) is 5.04. The van der Waals surface area contributed by atoms with E-state index in [1.165, 1.54) is 0 Å². The Balaban J connectivity index is 2.04. The molecule has 0 bridgehead atoms. The van der Waals surface area contributed by atoms with Gasteiger partial charge < -0.3 is 14.3 Å². The fourth-order valence-electron chi connectivity index (χ4n) is 1.11. The van der Waals surface area contributed by atoms with Crippen molar-refractivity contribution in [1.82, 2.24) is 0 Å². The number of hydrogen-bond acceptors (Lipinski definition) is 4. The van der Waals surface area contributed by atoms with Crippen LogP contribution in [0, 0.1) is 0 Å². The number of carbonyl (C=O) groups is 2. The van der Waals surface area contributed by atoms with E-state index in [-0.39, 0.29) is 13.0 Å². The van der Waals surface area contributed by atoms with E-state index in [1.807, 2.05) is 30.3 Å². The fourth-order valence-corrected chi connectivity index (χ4v) is 1.11. The highest BCUT2D eigenvalue weighted by Crippen LogP contribution is 1.99. The topological polar surface area (TPSA) is 52.6 Å². The van der Waals surface area contributed by atoms with E-state index in [9.17, 15) is 9.59 Å². The lowest BCUT2D eigenvalue weighted by Gasteiger charge is -2.04. The molecule has 0 radical (unpaired) electrons. The van der Waals surface area contributed by atoms with Crippen LogP contribution in [0.15, 0.2) is 30.3 Å². The maximum Gasteiger partial charge on any atom is 0.313 e. The second-order valence-electron chi connectivity index (χ2n) is 3.13. The summed E-state index contributed by atoms with van der Waals surface area (Å²) >= 11 is 0. The second-order valence-corrected chi connectivity index (χ2v) is 3.13. The van der Waals surface area contributed by atoms with E-state index in [1.54, 1.807) is 0 Å². The Morgan fingerprint density at radius 3 is 2.62 bits per heavy atom. The number of aldehydes is 1. The van der Waals surface area contributed by atoms with Crippen molar-refractivity contribution < 1.29 is 19.1 Å². The molecule has 0 aromatic heterocycles. The lowest BCUT2D eigenvalue weighted by molar-refractivity contribution is -0.146. The number of benzene rings is 1. The van der Waals surface area contributed by atoms with Crippen molar-refractivity contribution in [3.63, 3.8) is 0 Å². The maximum absolute atomic E-state index is 10.8. The number of hydrogen-bond donors (Lipinski definition) is 0. The average Bonchev–Trinajstić information content (AvgIpc) is 2.30. The number of rotatable bonds is 7. The van der Waals surface area contributed by atoms with Gasteiger partial charge in [-0.25, -0.2) is 0 Å². The standard InChI is InChI=1S/C12H14O4/c13-7-6-12(14)16-9-8-15-10-11-4-2-1-3-5-11/h1-5,7H,6,8-10H2. The average molecular weight is 222 g/mol. The van der Waals surface area contributed by atoms with Crippen molar-refractivity contribution >= 4 is 12.3 Å². The molecule has 4 nitrogen and oxygen atoms in total. The molecule has 0 aliphatic heterocycles. The Bertz CT molecular complexity index is 321. The third-order valence-corrected chi connectivity index (χ3v) is 1.85. The molecule has 0 fully saturated rings. The van der Waals surface area contributed by atoms with Crippen LogP contribution in [0.1, 0.15) is 12.0 Å². The maximum atomic E-state index is 10.8. The van der Waals surface area contributed by atoms with Crippen LogP contribution < -0.4 is 0 Å². The first-order valence-electron chi connectivity index (χ1n) is 5.04. The SMILES string of the molecule is O=CCC(=O)OCCOCc1ccccc1. The summed E-state index contributed by atoms with van der Waals surface area (Å²) in [5, 5.41) is 0. The molecule has 0 spiro atoms. The third-order valence-electron chi connectivity index (χ3n) is 1.85. The minimum atomic E-state index is -0.515. The van der Waals surface area contributed by atoms with Crippen molar-refractivity contribution in [1.29, 1.82) is 0 Å². The van der Waals surface area contributed by atoms with E-state index in [0.717, 1.165) is 5.56 Å². The summed E-state index contributed by atoms with van der Waals surface area (Å²) in [6.45, 7) is 1.01. The Morgan fingerprint density at radius 2 is 1.94 bits per heavy atom. The highest BCUT2D eigenvalue weighted by atomic mass is 16.6. The fraction of sp³-hybridized carbons (Fsp3) is 0.333. The van der Waals surface area contributed by atoms with Crippen molar-refractivity contribution in [3.8, 4) is 0 Å². The van der Waals surface area contributed by atoms with E-state index in [2.05, 4.69) is 0 Å². The van der Waals surface area contributed by atoms with Crippen LogP contribution in [0.4, 0.5) is 0 Å². The quantitative estimate of drug-likeness (QED) is 0.302. The van der Waals surface area contributed by atoms with Gasteiger partial charge >= 0.3 is 5.97 Å². The summed E-state index contributed by atoms with van der Waals surface area (Å²) in [5.74, 6) is -0.515. The molecular formula is C12H14O4. The van der Waals surface area contributed by atoms with Gasteiger partial charge in [-0.1, -0.05) is 30.3 Å². The van der Waals surface area contributed by atoms with Crippen LogP contribution in [-0.4, -0.2) is 25.5 Å². The van der Waals surface area contributed by atoms with Crippen LogP contribution in [0.3, 0.4) is 0 Å². The molecule has 0 saturated heterocycles. The van der Waals surface area contributed by atoms with Crippen LogP contribution in [0.5, 0.6) is 0 Å². The Morgan fingerprint density at radius 1 is 1.19 bits per heavy atom. The summed E-state index contributed by atoms with van der Waals surface area (Å²) in [4.78, 5) is 20.7. The summed E-state index contributed by atoms with van der Waals surface area (Å²) in [7, 11) is 0. The molecule has 0 atom stereocenters.